The van der Waals surface area contributed by atoms with E-state index in [0.717, 1.165) is 23.9 Å². The number of rotatable bonds is 5. The highest BCUT2D eigenvalue weighted by atomic mass is 16.5. The fraction of sp³-hybridized carbons (Fsp3) is 0.269. The molecule has 3 heterocycles. The third kappa shape index (κ3) is 4.44. The zero-order chi connectivity index (χ0) is 24.4. The maximum absolute atomic E-state index is 13.4. The van der Waals surface area contributed by atoms with E-state index in [-0.39, 0.29) is 23.4 Å². The SMILES string of the molecule is COc1ccncc1-c1cc(C(=O)Nc2nc3ccccc3n2C2CCC(O)CC2)cc(C#N)n1. The molecule has 0 unspecified atom stereocenters. The van der Waals surface area contributed by atoms with Crippen LogP contribution in [0.1, 0.15) is 47.8 Å². The number of ether oxygens (including phenoxy) is 1. The van der Waals surface area contributed by atoms with E-state index >= 15 is 0 Å². The minimum atomic E-state index is -0.402. The summed E-state index contributed by atoms with van der Waals surface area (Å²) < 4.78 is 7.45. The van der Waals surface area contributed by atoms with Gasteiger partial charge in [-0.15, -0.1) is 0 Å². The van der Waals surface area contributed by atoms with Crippen LogP contribution in [0.4, 0.5) is 5.95 Å². The standard InChI is InChI=1S/C26H24N6O3/c1-35-24-10-11-28-15-20(24)22-13-16(12-17(14-27)29-22)25(34)31-26-30-21-4-2-3-5-23(21)32(26)18-6-8-19(33)9-7-18/h2-5,10-13,15,18-19,33H,6-9H2,1H3,(H,30,31,34). The van der Waals surface area contributed by atoms with E-state index in [9.17, 15) is 15.2 Å². The highest BCUT2D eigenvalue weighted by Gasteiger charge is 2.26. The highest BCUT2D eigenvalue weighted by molar-refractivity contribution is 6.05. The number of aromatic nitrogens is 4. The Morgan fingerprint density at radius 2 is 1.97 bits per heavy atom. The molecule has 4 aromatic rings. The summed E-state index contributed by atoms with van der Waals surface area (Å²) in [5, 5.41) is 22.5. The first-order chi connectivity index (χ1) is 17.1. The monoisotopic (exact) mass is 468 g/mol. The zero-order valence-corrected chi connectivity index (χ0v) is 19.2. The van der Waals surface area contributed by atoms with Crippen LogP contribution in [-0.2, 0) is 0 Å². The molecule has 0 bridgehead atoms. The first-order valence-electron chi connectivity index (χ1n) is 11.4. The molecule has 1 aliphatic rings. The number of methoxy groups -OCH3 is 1. The first kappa shape index (κ1) is 22.5. The van der Waals surface area contributed by atoms with Crippen LogP contribution in [0.3, 0.4) is 0 Å². The summed E-state index contributed by atoms with van der Waals surface area (Å²) in [5.74, 6) is 0.573. The summed E-state index contributed by atoms with van der Waals surface area (Å²) in [4.78, 5) is 26.5. The van der Waals surface area contributed by atoms with Gasteiger partial charge in [0, 0.05) is 24.0 Å². The van der Waals surface area contributed by atoms with Crippen molar-refractivity contribution < 1.29 is 14.6 Å². The largest absolute Gasteiger partial charge is 0.496 e. The number of nitrogens with one attached hydrogen (secondary N) is 1. The molecule has 1 aliphatic carbocycles. The second-order valence-electron chi connectivity index (χ2n) is 8.52. The van der Waals surface area contributed by atoms with Crippen LogP contribution in [0.2, 0.25) is 0 Å². The molecule has 0 saturated heterocycles. The number of hydrogen-bond donors (Lipinski definition) is 2. The highest BCUT2D eigenvalue weighted by Crippen LogP contribution is 2.35. The lowest BCUT2D eigenvalue weighted by Crippen LogP contribution is -2.24. The fourth-order valence-corrected chi connectivity index (χ4v) is 4.60. The van der Waals surface area contributed by atoms with Gasteiger partial charge in [-0.1, -0.05) is 12.1 Å². The molecule has 0 aliphatic heterocycles. The number of aliphatic hydroxyl groups is 1. The number of imidazole rings is 1. The lowest BCUT2D eigenvalue weighted by molar-refractivity contribution is 0.102. The van der Waals surface area contributed by atoms with E-state index < -0.39 is 5.91 Å². The van der Waals surface area contributed by atoms with Crippen molar-refractivity contribution in [3.05, 3.63) is 66.1 Å². The van der Waals surface area contributed by atoms with Crippen molar-refractivity contribution in [2.45, 2.75) is 37.8 Å². The molecule has 35 heavy (non-hydrogen) atoms. The van der Waals surface area contributed by atoms with E-state index in [1.807, 2.05) is 30.3 Å². The van der Waals surface area contributed by atoms with Crippen LogP contribution < -0.4 is 10.1 Å². The Balaban J connectivity index is 1.52. The molecule has 3 aromatic heterocycles. The first-order valence-corrected chi connectivity index (χ1v) is 11.4. The van der Waals surface area contributed by atoms with E-state index in [0.29, 0.717) is 35.8 Å². The summed E-state index contributed by atoms with van der Waals surface area (Å²) in [6.07, 6.45) is 5.89. The lowest BCUT2D eigenvalue weighted by Gasteiger charge is -2.28. The Labute approximate surface area is 202 Å². The molecule has 2 N–H and O–H groups in total. The molecule has 0 radical (unpaired) electrons. The summed E-state index contributed by atoms with van der Waals surface area (Å²) in [7, 11) is 1.54. The molecule has 9 nitrogen and oxygen atoms in total. The number of amides is 1. The number of anilines is 1. The molecule has 9 heteroatoms. The topological polar surface area (TPSA) is 126 Å². The van der Waals surface area contributed by atoms with Crippen LogP contribution in [-0.4, -0.2) is 43.7 Å². The number of carbonyl (C=O) groups excluding carboxylic acids is 1. The number of pyridine rings is 2. The van der Waals surface area contributed by atoms with Crippen LogP contribution >= 0.6 is 0 Å². The molecule has 5 rings (SSSR count). The smallest absolute Gasteiger partial charge is 0.258 e. The predicted molar refractivity (Wildman–Crippen MR) is 130 cm³/mol. The summed E-state index contributed by atoms with van der Waals surface area (Å²) in [6, 6.07) is 14.6. The summed E-state index contributed by atoms with van der Waals surface area (Å²) >= 11 is 0. The van der Waals surface area contributed by atoms with Gasteiger partial charge in [0.1, 0.15) is 17.5 Å². The summed E-state index contributed by atoms with van der Waals surface area (Å²) in [5.41, 5.74) is 3.08. The van der Waals surface area contributed by atoms with Crippen LogP contribution in [0.25, 0.3) is 22.3 Å². The van der Waals surface area contributed by atoms with Gasteiger partial charge in [-0.3, -0.25) is 15.1 Å². The molecular formula is C26H24N6O3. The third-order valence-corrected chi connectivity index (χ3v) is 6.33. The quantitative estimate of drug-likeness (QED) is 0.451. The normalized spacial score (nSPS) is 17.6. The molecule has 1 aromatic carbocycles. The maximum atomic E-state index is 13.4. The molecule has 1 saturated carbocycles. The maximum Gasteiger partial charge on any atom is 0.258 e. The average Bonchev–Trinajstić information content (AvgIpc) is 3.26. The number of para-hydroxylation sites is 2. The minimum absolute atomic E-state index is 0.105. The van der Waals surface area contributed by atoms with Crippen molar-refractivity contribution >= 4 is 22.9 Å². The number of hydrogen-bond acceptors (Lipinski definition) is 7. The van der Waals surface area contributed by atoms with E-state index in [1.54, 1.807) is 24.5 Å². The number of nitrogens with zero attached hydrogens (tertiary/aromatic N) is 5. The van der Waals surface area contributed by atoms with Gasteiger partial charge in [-0.25, -0.2) is 9.97 Å². The van der Waals surface area contributed by atoms with Crippen LogP contribution in [0.15, 0.2) is 54.9 Å². The molecule has 0 atom stereocenters. The van der Waals surface area contributed by atoms with Gasteiger partial charge in [0.05, 0.1) is 35.5 Å². The number of fused-ring (bicyclic) bond motifs is 1. The van der Waals surface area contributed by atoms with Gasteiger partial charge in [0.25, 0.3) is 5.91 Å². The number of benzene rings is 1. The number of carbonyl (C=O) groups is 1. The molecule has 1 amide bonds. The van der Waals surface area contributed by atoms with Crippen molar-refractivity contribution in [2.75, 3.05) is 12.4 Å². The van der Waals surface area contributed by atoms with E-state index in [1.165, 1.54) is 13.2 Å². The predicted octanol–water partition coefficient (Wildman–Crippen LogP) is 4.10. The Morgan fingerprint density at radius 3 is 2.74 bits per heavy atom. The zero-order valence-electron chi connectivity index (χ0n) is 19.2. The van der Waals surface area contributed by atoms with Gasteiger partial charge in [-0.2, -0.15) is 5.26 Å². The van der Waals surface area contributed by atoms with Gasteiger partial charge < -0.3 is 14.4 Å². The van der Waals surface area contributed by atoms with Gasteiger partial charge >= 0.3 is 0 Å². The Hall–Kier alpha value is -4.29. The second kappa shape index (κ2) is 9.52. The number of aliphatic hydroxyl groups excluding tert-OH is 1. The van der Waals surface area contributed by atoms with Crippen molar-refractivity contribution in [2.24, 2.45) is 0 Å². The average molecular weight is 469 g/mol. The molecule has 0 spiro atoms. The molecule has 1 fully saturated rings. The second-order valence-corrected chi connectivity index (χ2v) is 8.52. The van der Waals surface area contributed by atoms with Crippen molar-refractivity contribution in [1.82, 2.24) is 19.5 Å². The van der Waals surface area contributed by atoms with Gasteiger partial charge in [0.15, 0.2) is 0 Å². The molecule has 176 valence electrons. The Kier molecular flexibility index (Phi) is 6.12. The Bertz CT molecular complexity index is 1430. The third-order valence-electron chi connectivity index (χ3n) is 6.33. The van der Waals surface area contributed by atoms with Crippen molar-refractivity contribution in [3.63, 3.8) is 0 Å². The van der Waals surface area contributed by atoms with Crippen molar-refractivity contribution in [3.8, 4) is 23.1 Å². The lowest BCUT2D eigenvalue weighted by atomic mass is 9.93. The number of nitriles is 1. The van der Waals surface area contributed by atoms with Crippen LogP contribution in [0, 0.1) is 11.3 Å². The van der Waals surface area contributed by atoms with E-state index in [2.05, 4.69) is 24.8 Å². The van der Waals surface area contributed by atoms with Gasteiger partial charge in [-0.05, 0) is 56.0 Å². The fourth-order valence-electron chi connectivity index (χ4n) is 4.60. The van der Waals surface area contributed by atoms with Crippen LogP contribution in [0.5, 0.6) is 5.75 Å². The molecular weight excluding hydrogens is 444 g/mol. The Morgan fingerprint density at radius 1 is 1.17 bits per heavy atom. The van der Waals surface area contributed by atoms with E-state index in [4.69, 9.17) is 4.74 Å². The summed E-state index contributed by atoms with van der Waals surface area (Å²) in [6.45, 7) is 0. The van der Waals surface area contributed by atoms with Gasteiger partial charge in [0.2, 0.25) is 5.95 Å². The van der Waals surface area contributed by atoms with Crippen molar-refractivity contribution in [1.29, 1.82) is 5.26 Å². The minimum Gasteiger partial charge on any atom is -0.496 e.